The van der Waals surface area contributed by atoms with Gasteiger partial charge in [0.15, 0.2) is 0 Å². The van der Waals surface area contributed by atoms with Gasteiger partial charge in [-0.2, -0.15) is 0 Å². The molecular formula is C13H20BrN. The number of benzene rings is 1. The average Bonchev–Trinajstić information content (AvgIpc) is 2.02. The van der Waals surface area contributed by atoms with Crippen LogP contribution in [0.5, 0.6) is 0 Å². The molecule has 0 radical (unpaired) electrons. The summed E-state index contributed by atoms with van der Waals surface area (Å²) in [5.41, 5.74) is 2.63. The molecular weight excluding hydrogens is 250 g/mol. The standard InChI is InChI=1S/C13H20N.BrH/c1-12(2)10-14(3,4)11-13-8-6-5-7-9-13;/h5-9H,1,10-11H2,2-4H3;1H/q+1;/p-1. The van der Waals surface area contributed by atoms with Crippen molar-refractivity contribution in [2.75, 3.05) is 20.6 Å². The van der Waals surface area contributed by atoms with Crippen LogP contribution < -0.4 is 17.0 Å². The summed E-state index contributed by atoms with van der Waals surface area (Å²) in [5.74, 6) is 0. The molecule has 0 saturated carbocycles. The highest BCUT2D eigenvalue weighted by molar-refractivity contribution is 5.13. The van der Waals surface area contributed by atoms with Crippen molar-refractivity contribution in [3.63, 3.8) is 0 Å². The van der Waals surface area contributed by atoms with E-state index in [0.29, 0.717) is 0 Å². The lowest BCUT2D eigenvalue weighted by Crippen LogP contribution is -3.00. The molecule has 0 aliphatic heterocycles. The van der Waals surface area contributed by atoms with Crippen LogP contribution in [0.2, 0.25) is 0 Å². The maximum atomic E-state index is 3.97. The van der Waals surface area contributed by atoms with Crippen molar-refractivity contribution < 1.29 is 21.5 Å². The molecule has 0 atom stereocenters. The molecule has 0 aromatic heterocycles. The summed E-state index contributed by atoms with van der Waals surface area (Å²) >= 11 is 0. The van der Waals surface area contributed by atoms with Crippen LogP contribution in [0.4, 0.5) is 0 Å². The smallest absolute Gasteiger partial charge is 0.104 e. The minimum absolute atomic E-state index is 0. The molecule has 2 heteroatoms. The van der Waals surface area contributed by atoms with E-state index in [1.165, 1.54) is 11.1 Å². The molecule has 0 fully saturated rings. The first kappa shape index (κ1) is 14.4. The van der Waals surface area contributed by atoms with Gasteiger partial charge in [0.25, 0.3) is 0 Å². The molecule has 0 bridgehead atoms. The summed E-state index contributed by atoms with van der Waals surface area (Å²) in [6.07, 6.45) is 0. The van der Waals surface area contributed by atoms with Crippen molar-refractivity contribution in [3.05, 3.63) is 48.0 Å². The SMILES string of the molecule is C=C(C)C[N+](C)(C)Cc1ccccc1.[Br-]. The number of hydrogen-bond acceptors (Lipinski definition) is 0. The Morgan fingerprint density at radius 3 is 2.20 bits per heavy atom. The first-order valence-corrected chi connectivity index (χ1v) is 5.00. The third-order valence-corrected chi connectivity index (χ3v) is 2.15. The molecule has 1 rings (SSSR count). The summed E-state index contributed by atoms with van der Waals surface area (Å²) in [5, 5.41) is 0. The van der Waals surface area contributed by atoms with Gasteiger partial charge in [0, 0.05) is 5.56 Å². The predicted octanol–water partition coefficient (Wildman–Crippen LogP) is -0.157. The Hall–Kier alpha value is -0.600. The predicted molar refractivity (Wildman–Crippen MR) is 61.9 cm³/mol. The molecule has 0 aliphatic carbocycles. The van der Waals surface area contributed by atoms with Crippen molar-refractivity contribution in [3.8, 4) is 0 Å². The van der Waals surface area contributed by atoms with Gasteiger partial charge < -0.3 is 21.5 Å². The van der Waals surface area contributed by atoms with E-state index in [9.17, 15) is 0 Å². The zero-order chi connectivity index (χ0) is 10.6. The van der Waals surface area contributed by atoms with Crippen molar-refractivity contribution in [2.24, 2.45) is 0 Å². The van der Waals surface area contributed by atoms with E-state index in [-0.39, 0.29) is 17.0 Å². The van der Waals surface area contributed by atoms with E-state index in [0.717, 1.165) is 17.6 Å². The number of rotatable bonds is 4. The van der Waals surface area contributed by atoms with Crippen LogP contribution in [0.25, 0.3) is 0 Å². The van der Waals surface area contributed by atoms with Crippen LogP contribution in [-0.2, 0) is 6.54 Å². The Balaban J connectivity index is 0.00000196. The molecule has 0 unspecified atom stereocenters. The minimum atomic E-state index is 0. The van der Waals surface area contributed by atoms with Gasteiger partial charge in [-0.05, 0) is 12.5 Å². The Morgan fingerprint density at radius 1 is 1.20 bits per heavy atom. The fraction of sp³-hybridized carbons (Fsp3) is 0.385. The topological polar surface area (TPSA) is 0 Å². The molecule has 15 heavy (non-hydrogen) atoms. The summed E-state index contributed by atoms with van der Waals surface area (Å²) in [4.78, 5) is 0. The van der Waals surface area contributed by atoms with Crippen molar-refractivity contribution in [1.82, 2.24) is 0 Å². The highest BCUT2D eigenvalue weighted by Gasteiger charge is 2.15. The molecule has 0 aliphatic rings. The van der Waals surface area contributed by atoms with Crippen LogP contribution in [0, 0.1) is 0 Å². The lowest BCUT2D eigenvalue weighted by Gasteiger charge is -2.30. The molecule has 0 heterocycles. The lowest BCUT2D eigenvalue weighted by molar-refractivity contribution is -0.899. The Morgan fingerprint density at radius 2 is 1.73 bits per heavy atom. The van der Waals surface area contributed by atoms with E-state index in [1.54, 1.807) is 0 Å². The maximum absolute atomic E-state index is 3.97. The average molecular weight is 270 g/mol. The van der Waals surface area contributed by atoms with Crippen molar-refractivity contribution in [2.45, 2.75) is 13.5 Å². The van der Waals surface area contributed by atoms with Gasteiger partial charge in [0.2, 0.25) is 0 Å². The Bertz CT molecular complexity index is 304. The van der Waals surface area contributed by atoms with Gasteiger partial charge in [0.05, 0.1) is 20.6 Å². The molecule has 84 valence electrons. The monoisotopic (exact) mass is 269 g/mol. The minimum Gasteiger partial charge on any atom is -1.00 e. The van der Waals surface area contributed by atoms with E-state index in [4.69, 9.17) is 0 Å². The Labute approximate surface area is 104 Å². The summed E-state index contributed by atoms with van der Waals surface area (Å²) in [6.45, 7) is 8.15. The van der Waals surface area contributed by atoms with Gasteiger partial charge >= 0.3 is 0 Å². The van der Waals surface area contributed by atoms with E-state index >= 15 is 0 Å². The normalized spacial score (nSPS) is 10.6. The number of hydrogen-bond donors (Lipinski definition) is 0. The molecule has 0 amide bonds. The summed E-state index contributed by atoms with van der Waals surface area (Å²) < 4.78 is 0.972. The Kier molecular flexibility index (Phi) is 5.84. The number of halogens is 1. The number of nitrogens with zero attached hydrogens (tertiary/aromatic N) is 1. The second-order valence-corrected chi connectivity index (χ2v) is 4.69. The molecule has 0 spiro atoms. The highest BCUT2D eigenvalue weighted by atomic mass is 79.9. The summed E-state index contributed by atoms with van der Waals surface area (Å²) in [7, 11) is 4.48. The van der Waals surface area contributed by atoms with Gasteiger partial charge in [0.1, 0.15) is 6.54 Å². The zero-order valence-corrected chi connectivity index (χ0v) is 11.4. The second-order valence-electron chi connectivity index (χ2n) is 4.69. The fourth-order valence-electron chi connectivity index (χ4n) is 1.86. The molecule has 0 N–H and O–H groups in total. The van der Waals surface area contributed by atoms with Gasteiger partial charge in [-0.1, -0.05) is 36.9 Å². The van der Waals surface area contributed by atoms with Crippen molar-refractivity contribution >= 4 is 0 Å². The third kappa shape index (κ3) is 5.75. The first-order valence-electron chi connectivity index (χ1n) is 5.00. The molecule has 0 saturated heterocycles. The number of quaternary nitrogens is 1. The van der Waals surface area contributed by atoms with E-state index < -0.39 is 0 Å². The van der Waals surface area contributed by atoms with Crippen LogP contribution in [0.1, 0.15) is 12.5 Å². The second kappa shape index (κ2) is 6.09. The first-order chi connectivity index (χ1) is 6.49. The molecule has 1 aromatic carbocycles. The fourth-order valence-corrected chi connectivity index (χ4v) is 1.86. The van der Waals surface area contributed by atoms with Crippen molar-refractivity contribution in [1.29, 1.82) is 0 Å². The third-order valence-electron chi connectivity index (χ3n) is 2.15. The largest absolute Gasteiger partial charge is 1.00 e. The zero-order valence-electron chi connectivity index (χ0n) is 9.83. The quantitative estimate of drug-likeness (QED) is 0.527. The van der Waals surface area contributed by atoms with Crippen LogP contribution >= 0.6 is 0 Å². The van der Waals surface area contributed by atoms with Gasteiger partial charge in [-0.3, -0.25) is 0 Å². The van der Waals surface area contributed by atoms with Gasteiger partial charge in [-0.15, -0.1) is 0 Å². The number of likely N-dealkylation sites (N-methyl/N-ethyl adjacent to an activating group) is 1. The van der Waals surface area contributed by atoms with E-state index in [1.807, 2.05) is 0 Å². The molecule has 1 nitrogen and oxygen atoms in total. The summed E-state index contributed by atoms with van der Waals surface area (Å²) in [6, 6.07) is 10.6. The van der Waals surface area contributed by atoms with Crippen LogP contribution in [0.3, 0.4) is 0 Å². The van der Waals surface area contributed by atoms with Crippen LogP contribution in [-0.4, -0.2) is 25.1 Å². The van der Waals surface area contributed by atoms with E-state index in [2.05, 4.69) is 57.9 Å². The molecule has 1 aromatic rings. The lowest BCUT2D eigenvalue weighted by atomic mass is 10.2. The highest BCUT2D eigenvalue weighted by Crippen LogP contribution is 2.10. The van der Waals surface area contributed by atoms with Crippen LogP contribution in [0.15, 0.2) is 42.5 Å². The maximum Gasteiger partial charge on any atom is 0.104 e. The van der Waals surface area contributed by atoms with Gasteiger partial charge in [-0.25, -0.2) is 0 Å².